The second kappa shape index (κ2) is 6.28. The van der Waals surface area contributed by atoms with Crippen LogP contribution in [0.2, 0.25) is 18.1 Å². The van der Waals surface area contributed by atoms with Crippen LogP contribution in [0, 0.1) is 0 Å². The highest BCUT2D eigenvalue weighted by molar-refractivity contribution is 6.74. The van der Waals surface area contributed by atoms with E-state index in [2.05, 4.69) is 38.8 Å². The van der Waals surface area contributed by atoms with E-state index >= 15 is 0 Å². The number of aliphatic hydroxyl groups is 1. The van der Waals surface area contributed by atoms with Gasteiger partial charge >= 0.3 is 0 Å². The number of aliphatic hydroxyl groups excluding tert-OH is 1. The molecule has 0 aromatic carbocycles. The first kappa shape index (κ1) is 17.2. The molecule has 1 heterocycles. The van der Waals surface area contributed by atoms with E-state index in [-0.39, 0.29) is 17.3 Å². The predicted octanol–water partition coefficient (Wildman–Crippen LogP) is 4.07. The van der Waals surface area contributed by atoms with E-state index in [1.54, 1.807) is 0 Å². The summed E-state index contributed by atoms with van der Waals surface area (Å²) in [6, 6.07) is 2.70. The molecule has 1 atom stereocenters. The van der Waals surface area contributed by atoms with Crippen LogP contribution in [-0.4, -0.2) is 25.0 Å². The number of hydrogen-bond acceptors (Lipinski definition) is 3. The van der Waals surface area contributed by atoms with Crippen LogP contribution in [0.5, 0.6) is 0 Å². The second-order valence-electron chi connectivity index (χ2n) is 6.40. The molecule has 3 nitrogen and oxygen atoms in total. The maximum atomic E-state index is 12.4. The normalized spacial score (nSPS) is 14.7. The molecule has 0 aliphatic rings. The zero-order valence-corrected chi connectivity index (χ0v) is 13.7. The first-order chi connectivity index (χ1) is 9.04. The van der Waals surface area contributed by atoms with Crippen molar-refractivity contribution < 1.29 is 18.3 Å². The predicted molar refractivity (Wildman–Crippen MR) is 77.3 cm³/mol. The first-order valence-corrected chi connectivity index (χ1v) is 9.51. The Hall–Kier alpha value is -0.853. The summed E-state index contributed by atoms with van der Waals surface area (Å²) >= 11 is 0. The molecular weight excluding hydrogens is 280 g/mol. The smallest absolute Gasteiger partial charge is 0.280 e. The third-order valence-corrected chi connectivity index (χ3v) is 8.33. The number of hydrogen-bond donors (Lipinski definition) is 1. The van der Waals surface area contributed by atoms with Crippen molar-refractivity contribution in [2.75, 3.05) is 6.61 Å². The molecule has 0 saturated carbocycles. The van der Waals surface area contributed by atoms with Crippen molar-refractivity contribution in [2.24, 2.45) is 0 Å². The minimum absolute atomic E-state index is 0.0600. The fraction of sp³-hybridized carbons (Fsp3) is 0.643. The number of rotatable bonds is 5. The molecule has 0 radical (unpaired) electrons. The van der Waals surface area contributed by atoms with Crippen molar-refractivity contribution in [3.63, 3.8) is 0 Å². The lowest BCUT2D eigenvalue weighted by molar-refractivity contribution is 0.0996. The summed E-state index contributed by atoms with van der Waals surface area (Å²) in [5.74, 6) is 0. The molecule has 20 heavy (non-hydrogen) atoms. The summed E-state index contributed by atoms with van der Waals surface area (Å²) in [4.78, 5) is 3.64. The van der Waals surface area contributed by atoms with Gasteiger partial charge in [0.15, 0.2) is 8.32 Å². The molecule has 0 amide bonds. The van der Waals surface area contributed by atoms with E-state index in [9.17, 15) is 13.9 Å². The summed E-state index contributed by atoms with van der Waals surface area (Å²) < 4.78 is 30.7. The van der Waals surface area contributed by atoms with Crippen LogP contribution in [0.15, 0.2) is 18.3 Å². The van der Waals surface area contributed by atoms with Gasteiger partial charge in [0.05, 0.1) is 6.61 Å². The van der Waals surface area contributed by atoms with Gasteiger partial charge in [0, 0.05) is 11.8 Å². The van der Waals surface area contributed by atoms with Crippen molar-refractivity contribution in [1.82, 2.24) is 4.98 Å². The van der Waals surface area contributed by atoms with Gasteiger partial charge in [0.1, 0.15) is 11.8 Å². The zero-order valence-electron chi connectivity index (χ0n) is 12.7. The molecule has 1 N–H and O–H groups in total. The number of pyridine rings is 1. The van der Waals surface area contributed by atoms with Crippen LogP contribution < -0.4 is 0 Å². The van der Waals surface area contributed by atoms with Gasteiger partial charge in [-0.05, 0) is 24.2 Å². The van der Waals surface area contributed by atoms with Crippen LogP contribution in [-0.2, 0) is 4.43 Å². The van der Waals surface area contributed by atoms with E-state index in [4.69, 9.17) is 4.43 Å². The summed E-state index contributed by atoms with van der Waals surface area (Å²) in [6.07, 6.45) is -2.16. The number of nitrogens with zero attached hydrogens (tertiary/aromatic N) is 1. The molecule has 0 aliphatic carbocycles. The standard InChI is InChI=1S/C14H23F2NO2Si/c1-14(2,3)20(4,5)19-9-12(18)10-6-7-11(13(15)16)17-8-10/h6-8,12-13,18H,9H2,1-5H3/t12-/m0/s1. The van der Waals surface area contributed by atoms with E-state index in [1.807, 2.05) is 0 Å². The molecule has 0 bridgehead atoms. The lowest BCUT2D eigenvalue weighted by atomic mass is 10.1. The molecule has 1 aromatic heterocycles. The van der Waals surface area contributed by atoms with Gasteiger partial charge in [-0.25, -0.2) is 8.78 Å². The maximum Gasteiger partial charge on any atom is 0.280 e. The topological polar surface area (TPSA) is 42.4 Å². The highest BCUT2D eigenvalue weighted by Gasteiger charge is 2.37. The third kappa shape index (κ3) is 4.33. The number of aromatic nitrogens is 1. The second-order valence-corrected chi connectivity index (χ2v) is 11.2. The molecular formula is C14H23F2NO2Si. The summed E-state index contributed by atoms with van der Waals surface area (Å²) in [7, 11) is -1.93. The Morgan fingerprint density at radius 3 is 2.30 bits per heavy atom. The van der Waals surface area contributed by atoms with Gasteiger partial charge in [-0.15, -0.1) is 0 Å². The average Bonchev–Trinajstić information content (AvgIpc) is 2.34. The number of halogens is 2. The van der Waals surface area contributed by atoms with Crippen LogP contribution in [0.3, 0.4) is 0 Å². The summed E-state index contributed by atoms with van der Waals surface area (Å²) in [5.41, 5.74) is 0.208. The van der Waals surface area contributed by atoms with Crippen molar-refractivity contribution in [3.05, 3.63) is 29.6 Å². The minimum atomic E-state index is -2.59. The largest absolute Gasteiger partial charge is 0.414 e. The van der Waals surface area contributed by atoms with Crippen molar-refractivity contribution in [2.45, 2.75) is 51.4 Å². The third-order valence-electron chi connectivity index (χ3n) is 3.83. The van der Waals surface area contributed by atoms with E-state index in [1.165, 1.54) is 18.3 Å². The fourth-order valence-corrected chi connectivity index (χ4v) is 2.35. The first-order valence-electron chi connectivity index (χ1n) is 6.60. The molecule has 6 heteroatoms. The molecule has 0 spiro atoms. The molecule has 1 aromatic rings. The highest BCUT2D eigenvalue weighted by atomic mass is 28.4. The van der Waals surface area contributed by atoms with Gasteiger partial charge in [-0.3, -0.25) is 4.98 Å². The molecule has 114 valence electrons. The lowest BCUT2D eigenvalue weighted by Crippen LogP contribution is -2.41. The van der Waals surface area contributed by atoms with E-state index in [0.717, 1.165) is 0 Å². The van der Waals surface area contributed by atoms with Crippen molar-refractivity contribution in [3.8, 4) is 0 Å². The van der Waals surface area contributed by atoms with Gasteiger partial charge in [-0.1, -0.05) is 26.8 Å². The minimum Gasteiger partial charge on any atom is -0.414 e. The Balaban J connectivity index is 2.65. The van der Waals surface area contributed by atoms with Gasteiger partial charge in [-0.2, -0.15) is 0 Å². The monoisotopic (exact) mass is 303 g/mol. The van der Waals surface area contributed by atoms with Crippen LogP contribution >= 0.6 is 0 Å². The average molecular weight is 303 g/mol. The van der Waals surface area contributed by atoms with Crippen molar-refractivity contribution in [1.29, 1.82) is 0 Å². The SMILES string of the molecule is CC(C)(C)[Si](C)(C)OC[C@H](O)c1ccc(C(F)F)nc1. The Bertz CT molecular complexity index is 430. The lowest BCUT2D eigenvalue weighted by Gasteiger charge is -2.36. The maximum absolute atomic E-state index is 12.4. The van der Waals surface area contributed by atoms with Gasteiger partial charge < -0.3 is 9.53 Å². The van der Waals surface area contributed by atoms with Crippen LogP contribution in [0.4, 0.5) is 8.78 Å². The molecule has 0 aliphatic heterocycles. The van der Waals surface area contributed by atoms with Crippen LogP contribution in [0.25, 0.3) is 0 Å². The molecule has 0 fully saturated rings. The Kier molecular flexibility index (Phi) is 5.40. The van der Waals surface area contributed by atoms with Gasteiger partial charge in [0.25, 0.3) is 6.43 Å². The zero-order chi connectivity index (χ0) is 15.6. The Morgan fingerprint density at radius 2 is 1.90 bits per heavy atom. The highest BCUT2D eigenvalue weighted by Crippen LogP contribution is 2.37. The van der Waals surface area contributed by atoms with E-state index < -0.39 is 20.8 Å². The number of alkyl halides is 2. The van der Waals surface area contributed by atoms with Crippen molar-refractivity contribution >= 4 is 8.32 Å². The quantitative estimate of drug-likeness (QED) is 0.834. The summed E-state index contributed by atoms with van der Waals surface area (Å²) in [6.45, 7) is 10.7. The van der Waals surface area contributed by atoms with E-state index in [0.29, 0.717) is 5.56 Å². The molecule has 0 unspecified atom stereocenters. The van der Waals surface area contributed by atoms with Crippen LogP contribution in [0.1, 0.15) is 44.6 Å². The Labute approximate surface area is 120 Å². The summed E-state index contributed by atoms with van der Waals surface area (Å²) in [5, 5.41) is 10.1. The Morgan fingerprint density at radius 1 is 1.30 bits per heavy atom. The van der Waals surface area contributed by atoms with Gasteiger partial charge in [0.2, 0.25) is 0 Å². The molecule has 0 saturated heterocycles. The fourth-order valence-electron chi connectivity index (χ4n) is 1.34. The molecule has 1 rings (SSSR count).